The van der Waals surface area contributed by atoms with Gasteiger partial charge in [0.05, 0.1) is 32.3 Å². The largest absolute Gasteiger partial charge is 0.469 e. The zero-order valence-corrected chi connectivity index (χ0v) is 18.2. The molecule has 1 heterocycles. The number of hydrogen-bond acceptors (Lipinski definition) is 5. The lowest BCUT2D eigenvalue weighted by Crippen LogP contribution is -2.58. The summed E-state index contributed by atoms with van der Waals surface area (Å²) >= 11 is 0. The van der Waals surface area contributed by atoms with Crippen molar-refractivity contribution in [3.8, 4) is 0 Å². The van der Waals surface area contributed by atoms with Crippen LogP contribution in [0.1, 0.15) is 72.1 Å². The van der Waals surface area contributed by atoms with Gasteiger partial charge in [0, 0.05) is 19.0 Å². The topological polar surface area (TPSA) is 67.9 Å². The first-order valence-corrected chi connectivity index (χ1v) is 11.2. The van der Waals surface area contributed by atoms with Gasteiger partial charge in [0.2, 0.25) is 5.91 Å². The van der Waals surface area contributed by atoms with E-state index in [-0.39, 0.29) is 36.8 Å². The van der Waals surface area contributed by atoms with Crippen LogP contribution in [0.5, 0.6) is 0 Å². The molecule has 28 heavy (non-hydrogen) atoms. The molecule has 1 saturated heterocycles. The summed E-state index contributed by atoms with van der Waals surface area (Å²) in [6.07, 6.45) is 7.43. The molecule has 0 aromatic rings. The van der Waals surface area contributed by atoms with Gasteiger partial charge in [-0.15, -0.1) is 0 Å². The van der Waals surface area contributed by atoms with E-state index >= 15 is 0 Å². The number of piperidine rings is 1. The van der Waals surface area contributed by atoms with Crippen molar-refractivity contribution in [3.63, 3.8) is 0 Å². The second kappa shape index (κ2) is 11.8. The van der Waals surface area contributed by atoms with Gasteiger partial charge in [-0.2, -0.15) is 0 Å². The Labute approximate surface area is 170 Å². The van der Waals surface area contributed by atoms with Crippen LogP contribution in [0.3, 0.4) is 0 Å². The van der Waals surface area contributed by atoms with Crippen molar-refractivity contribution >= 4 is 11.9 Å². The molecule has 2 unspecified atom stereocenters. The Balaban J connectivity index is 1.92. The molecule has 1 saturated carbocycles. The lowest BCUT2D eigenvalue weighted by molar-refractivity contribution is -0.146. The predicted octanol–water partition coefficient (Wildman–Crippen LogP) is 3.14. The van der Waals surface area contributed by atoms with E-state index in [1.807, 2.05) is 4.90 Å². The lowest BCUT2D eigenvalue weighted by atomic mass is 9.80. The normalized spacial score (nSPS) is 28.4. The third kappa shape index (κ3) is 6.73. The summed E-state index contributed by atoms with van der Waals surface area (Å²) in [5, 5.41) is 3.54. The highest BCUT2D eigenvalue weighted by Crippen LogP contribution is 2.31. The van der Waals surface area contributed by atoms with E-state index in [2.05, 4.69) is 30.8 Å². The Bertz CT molecular complexity index is 487. The maximum absolute atomic E-state index is 12.8. The number of amides is 1. The number of likely N-dealkylation sites (tertiary alicyclic amines) is 1. The number of nitrogens with one attached hydrogen (secondary N) is 1. The third-order valence-electron chi connectivity index (χ3n) is 6.50. The molecule has 0 bridgehead atoms. The molecule has 6 heteroatoms. The fourth-order valence-electron chi connectivity index (χ4n) is 4.68. The summed E-state index contributed by atoms with van der Waals surface area (Å²) in [4.78, 5) is 26.2. The highest BCUT2D eigenvalue weighted by Gasteiger charge is 2.35. The molecule has 2 fully saturated rings. The molecule has 2 rings (SSSR count). The van der Waals surface area contributed by atoms with E-state index in [1.54, 1.807) is 0 Å². The zero-order valence-electron chi connectivity index (χ0n) is 18.2. The van der Waals surface area contributed by atoms with Crippen molar-refractivity contribution in [2.45, 2.75) is 90.3 Å². The van der Waals surface area contributed by atoms with Gasteiger partial charge in [-0.3, -0.25) is 9.59 Å². The summed E-state index contributed by atoms with van der Waals surface area (Å²) in [5.41, 5.74) is 0. The van der Waals surface area contributed by atoms with Crippen molar-refractivity contribution in [2.24, 2.45) is 11.8 Å². The van der Waals surface area contributed by atoms with Gasteiger partial charge < -0.3 is 19.7 Å². The van der Waals surface area contributed by atoms with E-state index in [9.17, 15) is 9.59 Å². The molecule has 0 aromatic heterocycles. The molecular weight excluding hydrogens is 356 g/mol. The number of carbonyl (C=O) groups excluding carboxylic acids is 2. The molecule has 2 aliphatic rings. The number of ether oxygens (including phenoxy) is 2. The van der Waals surface area contributed by atoms with Gasteiger partial charge in [-0.25, -0.2) is 0 Å². The molecule has 1 aliphatic heterocycles. The Morgan fingerprint density at radius 3 is 2.43 bits per heavy atom. The Morgan fingerprint density at radius 1 is 1.11 bits per heavy atom. The average Bonchev–Trinajstić information content (AvgIpc) is 2.71. The zero-order chi connectivity index (χ0) is 20.5. The van der Waals surface area contributed by atoms with Crippen LogP contribution >= 0.6 is 0 Å². The maximum Gasteiger partial charge on any atom is 0.306 e. The summed E-state index contributed by atoms with van der Waals surface area (Å²) in [5.74, 6) is 1.27. The molecule has 6 nitrogen and oxygen atoms in total. The summed E-state index contributed by atoms with van der Waals surface area (Å²) in [6.45, 7) is 8.93. The first-order valence-electron chi connectivity index (χ1n) is 11.2. The minimum atomic E-state index is -0.330. The number of rotatable bonds is 9. The summed E-state index contributed by atoms with van der Waals surface area (Å²) in [7, 11) is 1.36. The highest BCUT2D eigenvalue weighted by molar-refractivity contribution is 5.81. The summed E-state index contributed by atoms with van der Waals surface area (Å²) in [6, 6.07) is 0.300. The van der Waals surface area contributed by atoms with Crippen LogP contribution in [-0.2, 0) is 19.1 Å². The van der Waals surface area contributed by atoms with Crippen molar-refractivity contribution < 1.29 is 19.1 Å². The third-order valence-corrected chi connectivity index (χ3v) is 6.50. The van der Waals surface area contributed by atoms with Crippen molar-refractivity contribution in [2.75, 3.05) is 26.8 Å². The van der Waals surface area contributed by atoms with Crippen LogP contribution < -0.4 is 5.32 Å². The van der Waals surface area contributed by atoms with Crippen LogP contribution in [0.25, 0.3) is 0 Å². The Hall–Kier alpha value is -1.14. The predicted molar refractivity (Wildman–Crippen MR) is 110 cm³/mol. The highest BCUT2D eigenvalue weighted by atomic mass is 16.5. The maximum atomic E-state index is 12.8. The molecule has 1 aliphatic carbocycles. The monoisotopic (exact) mass is 396 g/mol. The summed E-state index contributed by atoms with van der Waals surface area (Å²) < 4.78 is 11.0. The van der Waals surface area contributed by atoms with E-state index in [0.717, 1.165) is 50.6 Å². The van der Waals surface area contributed by atoms with Crippen LogP contribution in [0.2, 0.25) is 0 Å². The average molecular weight is 397 g/mol. The first kappa shape index (κ1) is 23.1. The van der Waals surface area contributed by atoms with E-state index in [0.29, 0.717) is 12.7 Å². The van der Waals surface area contributed by atoms with Crippen molar-refractivity contribution in [3.05, 3.63) is 0 Å². The number of carbonyl (C=O) groups is 2. The second-order valence-corrected chi connectivity index (χ2v) is 8.65. The van der Waals surface area contributed by atoms with Gasteiger partial charge in [0.1, 0.15) is 0 Å². The fourth-order valence-corrected chi connectivity index (χ4v) is 4.68. The molecular formula is C22H40N2O4. The second-order valence-electron chi connectivity index (χ2n) is 8.65. The van der Waals surface area contributed by atoms with Gasteiger partial charge in [-0.1, -0.05) is 20.8 Å². The number of methoxy groups -OCH3 is 1. The molecule has 0 spiro atoms. The van der Waals surface area contributed by atoms with Crippen LogP contribution in [0.15, 0.2) is 0 Å². The Morgan fingerprint density at radius 2 is 1.82 bits per heavy atom. The molecule has 1 amide bonds. The quantitative estimate of drug-likeness (QED) is 0.607. The number of likely N-dealkylation sites (N-methyl/N-ethyl adjacent to an activating group) is 1. The number of hydrogen-bond donors (Lipinski definition) is 1. The molecule has 0 radical (unpaired) electrons. The lowest BCUT2D eigenvalue weighted by Gasteiger charge is -2.42. The van der Waals surface area contributed by atoms with E-state index < -0.39 is 0 Å². The minimum absolute atomic E-state index is 0.0325. The number of esters is 1. The van der Waals surface area contributed by atoms with E-state index in [4.69, 9.17) is 4.74 Å². The SMILES string of the molecule is CCNC1CCCN(C(=O)CCC(=O)OC)C1COC1CCC(C(C)C)CC1. The minimum Gasteiger partial charge on any atom is -0.469 e. The fraction of sp³-hybridized carbons (Fsp3) is 0.909. The Kier molecular flexibility index (Phi) is 9.72. The van der Waals surface area contributed by atoms with Gasteiger partial charge >= 0.3 is 5.97 Å². The standard InChI is InChI=1S/C22H40N2O4/c1-5-23-19-7-6-14-24(21(25)12-13-22(26)27-4)20(19)15-28-18-10-8-17(9-11-18)16(2)3/h16-20,23H,5-15H2,1-4H3. The number of nitrogens with zero attached hydrogens (tertiary/aromatic N) is 1. The van der Waals surface area contributed by atoms with Gasteiger partial charge in [-0.05, 0) is 56.9 Å². The van der Waals surface area contributed by atoms with Crippen LogP contribution in [-0.4, -0.2) is 61.8 Å². The van der Waals surface area contributed by atoms with Gasteiger partial charge in [0.15, 0.2) is 0 Å². The van der Waals surface area contributed by atoms with Crippen LogP contribution in [0, 0.1) is 11.8 Å². The van der Waals surface area contributed by atoms with Gasteiger partial charge in [0.25, 0.3) is 0 Å². The van der Waals surface area contributed by atoms with Crippen LogP contribution in [0.4, 0.5) is 0 Å². The van der Waals surface area contributed by atoms with E-state index in [1.165, 1.54) is 20.0 Å². The van der Waals surface area contributed by atoms with Crippen molar-refractivity contribution in [1.82, 2.24) is 10.2 Å². The molecule has 1 N–H and O–H groups in total. The van der Waals surface area contributed by atoms with Crippen molar-refractivity contribution in [1.29, 1.82) is 0 Å². The molecule has 162 valence electrons. The smallest absolute Gasteiger partial charge is 0.306 e. The first-order chi connectivity index (χ1) is 13.5. The molecule has 2 atom stereocenters. The molecule has 0 aromatic carbocycles.